The van der Waals surface area contributed by atoms with Gasteiger partial charge in [-0.05, 0) is 55.7 Å². The second-order valence-corrected chi connectivity index (χ2v) is 8.54. The molecule has 0 spiro atoms. The molecule has 0 bridgehead atoms. The summed E-state index contributed by atoms with van der Waals surface area (Å²) in [5.41, 5.74) is 7.52. The first-order valence-electron chi connectivity index (χ1n) is 9.79. The maximum atomic E-state index is 13.3. The molecule has 9 heteroatoms. The van der Waals surface area contributed by atoms with Crippen LogP contribution in [0, 0.1) is 20.8 Å². The largest absolute Gasteiger partial charge is 0.465 e. The Kier molecular flexibility index (Phi) is 5.69. The number of thioether (sulfide) groups is 1. The van der Waals surface area contributed by atoms with Gasteiger partial charge in [-0.2, -0.15) is 0 Å². The van der Waals surface area contributed by atoms with Crippen molar-refractivity contribution in [2.75, 3.05) is 17.9 Å². The third-order valence-corrected chi connectivity index (χ3v) is 6.41. The molecule has 1 amide bonds. The highest BCUT2D eigenvalue weighted by Gasteiger charge is 2.37. The SMILES string of the molecule is COC(=O)c1ccc([C@@H]2Nn3c(C)nnc3S[C@H]2C(=O)Nc2cc(C)ccc2C)cc1. The molecule has 0 unspecified atom stereocenters. The third-order valence-electron chi connectivity index (χ3n) is 5.20. The summed E-state index contributed by atoms with van der Waals surface area (Å²) in [7, 11) is 1.35. The number of aryl methyl sites for hydroxylation is 3. The number of nitrogens with one attached hydrogen (secondary N) is 2. The van der Waals surface area contributed by atoms with Crippen molar-refractivity contribution in [1.29, 1.82) is 0 Å². The van der Waals surface area contributed by atoms with E-state index in [-0.39, 0.29) is 11.9 Å². The number of nitrogens with zero attached hydrogens (tertiary/aromatic N) is 3. The Morgan fingerprint density at radius 3 is 2.55 bits per heavy atom. The molecular weight excluding hydrogens is 414 g/mol. The second-order valence-electron chi connectivity index (χ2n) is 7.43. The summed E-state index contributed by atoms with van der Waals surface area (Å²) in [5.74, 6) is 0.158. The lowest BCUT2D eigenvalue weighted by molar-refractivity contribution is -0.116. The number of rotatable bonds is 4. The molecule has 3 aromatic rings. The summed E-state index contributed by atoms with van der Waals surface area (Å²) >= 11 is 1.36. The highest BCUT2D eigenvalue weighted by atomic mass is 32.2. The fourth-order valence-corrected chi connectivity index (χ4v) is 4.55. The number of carbonyl (C=O) groups is 2. The van der Waals surface area contributed by atoms with Crippen molar-refractivity contribution in [3.8, 4) is 0 Å². The van der Waals surface area contributed by atoms with Gasteiger partial charge in [0.15, 0.2) is 0 Å². The van der Waals surface area contributed by atoms with Crippen molar-refractivity contribution in [2.24, 2.45) is 0 Å². The molecule has 0 saturated heterocycles. The van der Waals surface area contributed by atoms with Crippen LogP contribution in [0.5, 0.6) is 0 Å². The molecule has 8 nitrogen and oxygen atoms in total. The van der Waals surface area contributed by atoms with E-state index in [0.29, 0.717) is 16.5 Å². The molecule has 0 saturated carbocycles. The molecule has 0 radical (unpaired) electrons. The number of benzene rings is 2. The summed E-state index contributed by atoms with van der Waals surface area (Å²) in [6.07, 6.45) is 0. The Balaban J connectivity index is 1.67. The first-order chi connectivity index (χ1) is 14.9. The van der Waals surface area contributed by atoms with Crippen LogP contribution >= 0.6 is 11.8 Å². The van der Waals surface area contributed by atoms with Crippen LogP contribution in [0.4, 0.5) is 5.69 Å². The van der Waals surface area contributed by atoms with Crippen LogP contribution < -0.4 is 10.7 Å². The zero-order valence-corrected chi connectivity index (χ0v) is 18.5. The number of hydrogen-bond acceptors (Lipinski definition) is 7. The van der Waals surface area contributed by atoms with Gasteiger partial charge in [-0.15, -0.1) is 10.2 Å². The van der Waals surface area contributed by atoms with Gasteiger partial charge in [0, 0.05) is 5.69 Å². The van der Waals surface area contributed by atoms with E-state index >= 15 is 0 Å². The van der Waals surface area contributed by atoms with E-state index in [0.717, 1.165) is 22.4 Å². The molecule has 2 aromatic carbocycles. The summed E-state index contributed by atoms with van der Waals surface area (Å²) < 4.78 is 6.56. The highest BCUT2D eigenvalue weighted by molar-refractivity contribution is 8.00. The monoisotopic (exact) mass is 437 g/mol. The van der Waals surface area contributed by atoms with Crippen molar-refractivity contribution in [1.82, 2.24) is 14.9 Å². The van der Waals surface area contributed by atoms with E-state index in [1.165, 1.54) is 18.9 Å². The van der Waals surface area contributed by atoms with Gasteiger partial charge in [-0.1, -0.05) is 36.0 Å². The maximum absolute atomic E-state index is 13.3. The molecule has 1 aliphatic heterocycles. The summed E-state index contributed by atoms with van der Waals surface area (Å²) in [4.78, 5) is 25.1. The molecule has 31 heavy (non-hydrogen) atoms. The smallest absolute Gasteiger partial charge is 0.337 e. The minimum atomic E-state index is -0.500. The van der Waals surface area contributed by atoms with E-state index < -0.39 is 11.2 Å². The van der Waals surface area contributed by atoms with Gasteiger partial charge in [-0.3, -0.25) is 4.79 Å². The fourth-order valence-electron chi connectivity index (χ4n) is 3.43. The van der Waals surface area contributed by atoms with E-state index in [1.807, 2.05) is 51.1 Å². The number of aromatic nitrogens is 3. The lowest BCUT2D eigenvalue weighted by Gasteiger charge is -2.33. The first-order valence-corrected chi connectivity index (χ1v) is 10.7. The molecule has 160 valence electrons. The van der Waals surface area contributed by atoms with Crippen LogP contribution in [-0.4, -0.2) is 39.1 Å². The first kappa shape index (κ1) is 20.9. The minimum Gasteiger partial charge on any atom is -0.465 e. The number of methoxy groups -OCH3 is 1. The summed E-state index contributed by atoms with van der Waals surface area (Å²) in [6.45, 7) is 5.80. The number of esters is 1. The average Bonchev–Trinajstić information content (AvgIpc) is 3.14. The molecular formula is C22H23N5O3S. The Hall–Kier alpha value is -3.33. The Morgan fingerprint density at radius 1 is 1.10 bits per heavy atom. The van der Waals surface area contributed by atoms with Gasteiger partial charge >= 0.3 is 5.97 Å². The van der Waals surface area contributed by atoms with Gasteiger partial charge in [-0.25, -0.2) is 9.47 Å². The van der Waals surface area contributed by atoms with Crippen molar-refractivity contribution in [2.45, 2.75) is 37.2 Å². The lowest BCUT2D eigenvalue weighted by Crippen LogP contribution is -2.41. The molecule has 2 N–H and O–H groups in total. The quantitative estimate of drug-likeness (QED) is 0.604. The standard InChI is InChI=1S/C22H23N5O3S/c1-12-5-6-13(2)17(11-12)23-20(28)19-18(26-27-14(3)24-25-22(27)31-19)15-7-9-16(10-8-15)21(29)30-4/h5-11,18-19,26H,1-4H3,(H,23,28)/t18-,19+/m0/s1. The minimum absolute atomic E-state index is 0.139. The summed E-state index contributed by atoms with van der Waals surface area (Å²) in [5, 5.41) is 11.5. The summed E-state index contributed by atoms with van der Waals surface area (Å²) in [6, 6.07) is 12.6. The van der Waals surface area contributed by atoms with Crippen molar-refractivity contribution in [3.63, 3.8) is 0 Å². The normalized spacial score (nSPS) is 17.4. The van der Waals surface area contributed by atoms with Crippen LogP contribution in [0.15, 0.2) is 47.6 Å². The maximum Gasteiger partial charge on any atom is 0.337 e. The van der Waals surface area contributed by atoms with Gasteiger partial charge in [0.05, 0.1) is 18.7 Å². The van der Waals surface area contributed by atoms with Gasteiger partial charge in [0.2, 0.25) is 11.1 Å². The predicted molar refractivity (Wildman–Crippen MR) is 119 cm³/mol. The zero-order chi connectivity index (χ0) is 22.1. The molecule has 0 aliphatic carbocycles. The Bertz CT molecular complexity index is 1140. The van der Waals surface area contributed by atoms with Crippen LogP contribution in [0.3, 0.4) is 0 Å². The molecule has 2 heterocycles. The van der Waals surface area contributed by atoms with Gasteiger partial charge in [0.1, 0.15) is 11.1 Å². The van der Waals surface area contributed by atoms with E-state index in [1.54, 1.807) is 16.8 Å². The average molecular weight is 438 g/mol. The zero-order valence-electron chi connectivity index (χ0n) is 17.7. The van der Waals surface area contributed by atoms with Crippen molar-refractivity contribution in [3.05, 3.63) is 70.5 Å². The Morgan fingerprint density at radius 2 is 1.84 bits per heavy atom. The van der Waals surface area contributed by atoms with Crippen LogP contribution in [0.25, 0.3) is 0 Å². The molecule has 2 atom stereocenters. The lowest BCUT2D eigenvalue weighted by atomic mass is 10.0. The van der Waals surface area contributed by atoms with Crippen LogP contribution in [-0.2, 0) is 9.53 Å². The van der Waals surface area contributed by atoms with Crippen LogP contribution in [0.2, 0.25) is 0 Å². The Labute approximate surface area is 184 Å². The number of amides is 1. The molecule has 4 rings (SSSR count). The topological polar surface area (TPSA) is 98.1 Å². The van der Waals surface area contributed by atoms with E-state index in [4.69, 9.17) is 4.74 Å². The predicted octanol–water partition coefficient (Wildman–Crippen LogP) is 3.39. The highest BCUT2D eigenvalue weighted by Crippen LogP contribution is 2.37. The van der Waals surface area contributed by atoms with Gasteiger partial charge in [0.25, 0.3) is 0 Å². The van der Waals surface area contributed by atoms with Crippen molar-refractivity contribution >= 4 is 29.3 Å². The number of carbonyl (C=O) groups excluding carboxylic acids is 2. The van der Waals surface area contributed by atoms with E-state index in [9.17, 15) is 9.59 Å². The molecule has 1 aromatic heterocycles. The van der Waals surface area contributed by atoms with E-state index in [2.05, 4.69) is 20.9 Å². The number of hydrogen-bond donors (Lipinski definition) is 2. The molecule has 1 aliphatic rings. The number of fused-ring (bicyclic) bond motifs is 1. The number of ether oxygens (including phenoxy) is 1. The molecule has 0 fully saturated rings. The van der Waals surface area contributed by atoms with Crippen LogP contribution in [0.1, 0.15) is 38.9 Å². The third kappa shape index (κ3) is 4.13. The number of anilines is 1. The fraction of sp³-hybridized carbons (Fsp3) is 0.273. The van der Waals surface area contributed by atoms with Crippen molar-refractivity contribution < 1.29 is 14.3 Å². The van der Waals surface area contributed by atoms with Gasteiger partial charge < -0.3 is 15.5 Å². The second kappa shape index (κ2) is 8.43.